The molecular formula is C16H30N2S. The van der Waals surface area contributed by atoms with Crippen molar-refractivity contribution in [2.75, 3.05) is 5.75 Å². The molecule has 1 aliphatic heterocycles. The third kappa shape index (κ3) is 4.70. The molecule has 110 valence electrons. The maximum absolute atomic E-state index is 4.89. The molecule has 1 unspecified atom stereocenters. The monoisotopic (exact) mass is 282 g/mol. The Hall–Kier alpha value is -0.180. The summed E-state index contributed by atoms with van der Waals surface area (Å²) < 4.78 is 0. The summed E-state index contributed by atoms with van der Waals surface area (Å²) in [5, 5.41) is 4.98. The van der Waals surface area contributed by atoms with Crippen molar-refractivity contribution in [1.29, 1.82) is 0 Å². The minimum atomic E-state index is 0.406. The second-order valence-electron chi connectivity index (χ2n) is 6.39. The summed E-state index contributed by atoms with van der Waals surface area (Å²) in [6.45, 7) is 4.54. The third-order valence-corrected chi connectivity index (χ3v) is 5.66. The summed E-state index contributed by atoms with van der Waals surface area (Å²) in [5.74, 6) is 1.24. The highest BCUT2D eigenvalue weighted by Gasteiger charge is 2.38. The zero-order valence-electron chi connectivity index (χ0n) is 12.7. The highest BCUT2D eigenvalue weighted by Crippen LogP contribution is 2.36. The van der Waals surface area contributed by atoms with Crippen molar-refractivity contribution in [2.24, 2.45) is 4.99 Å². The van der Waals surface area contributed by atoms with Gasteiger partial charge in [-0.2, -0.15) is 0 Å². The standard InChI is InChI=1S/C16H30N2S/c1-3-4-5-7-10-14(2)17-15-18-16(13-19-15)11-8-6-9-12-16/h14H,3-13H2,1-2H3,(H,17,18). The Morgan fingerprint density at radius 2 is 2.00 bits per heavy atom. The number of nitrogens with zero attached hydrogens (tertiary/aromatic N) is 1. The number of amidine groups is 1. The molecule has 3 heteroatoms. The molecule has 1 N–H and O–H groups in total. The lowest BCUT2D eigenvalue weighted by atomic mass is 9.83. The van der Waals surface area contributed by atoms with Gasteiger partial charge in [-0.25, -0.2) is 0 Å². The Kier molecular flexibility index (Phi) is 6.06. The first kappa shape index (κ1) is 15.2. The molecule has 1 saturated heterocycles. The maximum atomic E-state index is 4.89. The number of hydrogen-bond donors (Lipinski definition) is 1. The van der Waals surface area contributed by atoms with Crippen LogP contribution in [0.2, 0.25) is 0 Å². The molecule has 0 bridgehead atoms. The Morgan fingerprint density at radius 1 is 1.21 bits per heavy atom. The van der Waals surface area contributed by atoms with Crippen LogP contribution in [0.1, 0.15) is 78.1 Å². The largest absolute Gasteiger partial charge is 0.359 e. The molecule has 1 aliphatic carbocycles. The van der Waals surface area contributed by atoms with Gasteiger partial charge in [0.25, 0.3) is 0 Å². The Morgan fingerprint density at radius 3 is 2.74 bits per heavy atom. The van der Waals surface area contributed by atoms with Crippen LogP contribution in [0.3, 0.4) is 0 Å². The van der Waals surface area contributed by atoms with Gasteiger partial charge in [-0.05, 0) is 26.2 Å². The molecule has 2 rings (SSSR count). The van der Waals surface area contributed by atoms with Crippen LogP contribution in [0.25, 0.3) is 0 Å². The second kappa shape index (κ2) is 7.56. The van der Waals surface area contributed by atoms with E-state index in [0.29, 0.717) is 11.6 Å². The van der Waals surface area contributed by atoms with Crippen LogP contribution in [0, 0.1) is 0 Å². The number of rotatable bonds is 6. The predicted octanol–water partition coefficient (Wildman–Crippen LogP) is 4.74. The van der Waals surface area contributed by atoms with E-state index in [9.17, 15) is 0 Å². The van der Waals surface area contributed by atoms with Gasteiger partial charge in [0.1, 0.15) is 0 Å². The Bertz CT molecular complexity index is 295. The number of thioether (sulfide) groups is 1. The van der Waals surface area contributed by atoms with Crippen molar-refractivity contribution in [3.8, 4) is 0 Å². The first-order chi connectivity index (χ1) is 9.24. The van der Waals surface area contributed by atoms with Gasteiger partial charge in [-0.1, -0.05) is 63.6 Å². The van der Waals surface area contributed by atoms with Crippen molar-refractivity contribution >= 4 is 16.9 Å². The van der Waals surface area contributed by atoms with Crippen LogP contribution in [0.4, 0.5) is 0 Å². The van der Waals surface area contributed by atoms with E-state index >= 15 is 0 Å². The van der Waals surface area contributed by atoms with Gasteiger partial charge in [0, 0.05) is 17.3 Å². The molecule has 1 atom stereocenters. The average molecular weight is 282 g/mol. The molecule has 19 heavy (non-hydrogen) atoms. The number of nitrogens with one attached hydrogen (secondary N) is 1. The minimum absolute atomic E-state index is 0.406. The highest BCUT2D eigenvalue weighted by atomic mass is 32.2. The number of unbranched alkanes of at least 4 members (excludes halogenated alkanes) is 3. The summed E-state index contributed by atoms with van der Waals surface area (Å²) >= 11 is 1.96. The van der Waals surface area contributed by atoms with Gasteiger partial charge in [0.15, 0.2) is 5.17 Å². The third-order valence-electron chi connectivity index (χ3n) is 4.48. The van der Waals surface area contributed by atoms with E-state index in [-0.39, 0.29) is 0 Å². The highest BCUT2D eigenvalue weighted by molar-refractivity contribution is 8.14. The first-order valence-electron chi connectivity index (χ1n) is 8.23. The molecule has 0 aromatic rings. The Balaban J connectivity index is 1.74. The molecule has 1 heterocycles. The lowest BCUT2D eigenvalue weighted by Crippen LogP contribution is -2.45. The van der Waals surface area contributed by atoms with E-state index in [1.807, 2.05) is 11.8 Å². The molecule has 2 nitrogen and oxygen atoms in total. The predicted molar refractivity (Wildman–Crippen MR) is 87.1 cm³/mol. The molecule has 0 radical (unpaired) electrons. The average Bonchev–Trinajstić information content (AvgIpc) is 2.78. The van der Waals surface area contributed by atoms with E-state index in [4.69, 9.17) is 4.99 Å². The lowest BCUT2D eigenvalue weighted by molar-refractivity contribution is 0.303. The van der Waals surface area contributed by atoms with E-state index in [0.717, 1.165) is 0 Å². The van der Waals surface area contributed by atoms with E-state index in [1.54, 1.807) is 0 Å². The summed E-state index contributed by atoms with van der Waals surface area (Å²) in [6.07, 6.45) is 13.6. The smallest absolute Gasteiger partial charge is 0.157 e. The van der Waals surface area contributed by atoms with Gasteiger partial charge < -0.3 is 5.32 Å². The zero-order chi connectivity index (χ0) is 13.6. The summed E-state index contributed by atoms with van der Waals surface area (Å²) in [5.41, 5.74) is 0.406. The molecule has 0 aromatic carbocycles. The maximum Gasteiger partial charge on any atom is 0.157 e. The van der Waals surface area contributed by atoms with Gasteiger partial charge in [0.2, 0.25) is 0 Å². The van der Waals surface area contributed by atoms with Crippen LogP contribution in [-0.4, -0.2) is 22.5 Å². The van der Waals surface area contributed by atoms with Crippen molar-refractivity contribution in [3.63, 3.8) is 0 Å². The topological polar surface area (TPSA) is 24.4 Å². The van der Waals surface area contributed by atoms with Gasteiger partial charge in [0.05, 0.1) is 0 Å². The fourth-order valence-electron chi connectivity index (χ4n) is 3.20. The molecule has 1 saturated carbocycles. The van der Waals surface area contributed by atoms with Crippen LogP contribution in [0.15, 0.2) is 4.99 Å². The van der Waals surface area contributed by atoms with Crippen LogP contribution in [0.5, 0.6) is 0 Å². The van der Waals surface area contributed by atoms with E-state index in [2.05, 4.69) is 19.2 Å². The zero-order valence-corrected chi connectivity index (χ0v) is 13.5. The van der Waals surface area contributed by atoms with Crippen LogP contribution < -0.4 is 5.32 Å². The van der Waals surface area contributed by atoms with E-state index < -0.39 is 0 Å². The van der Waals surface area contributed by atoms with E-state index in [1.165, 1.54) is 75.1 Å². The van der Waals surface area contributed by atoms with Gasteiger partial charge >= 0.3 is 0 Å². The lowest BCUT2D eigenvalue weighted by Gasteiger charge is -2.32. The molecule has 2 fully saturated rings. The molecule has 0 aromatic heterocycles. The number of hydrogen-bond acceptors (Lipinski definition) is 2. The minimum Gasteiger partial charge on any atom is -0.359 e. The number of aliphatic imine (C=N–C) groups is 1. The molecule has 0 amide bonds. The Labute approximate surface area is 123 Å². The van der Waals surface area contributed by atoms with Gasteiger partial charge in [-0.15, -0.1) is 0 Å². The summed E-state index contributed by atoms with van der Waals surface area (Å²) in [4.78, 5) is 4.89. The first-order valence-corrected chi connectivity index (χ1v) is 9.21. The van der Waals surface area contributed by atoms with Crippen molar-refractivity contribution in [2.45, 2.75) is 89.6 Å². The molecule has 2 aliphatic rings. The van der Waals surface area contributed by atoms with Crippen molar-refractivity contribution in [1.82, 2.24) is 5.32 Å². The van der Waals surface area contributed by atoms with Crippen LogP contribution in [-0.2, 0) is 0 Å². The van der Waals surface area contributed by atoms with Crippen molar-refractivity contribution < 1.29 is 0 Å². The second-order valence-corrected chi connectivity index (χ2v) is 7.35. The molecular weight excluding hydrogens is 252 g/mol. The molecule has 1 spiro atoms. The normalized spacial score (nSPS) is 25.7. The van der Waals surface area contributed by atoms with Gasteiger partial charge in [-0.3, -0.25) is 4.99 Å². The fraction of sp³-hybridized carbons (Fsp3) is 0.938. The summed E-state index contributed by atoms with van der Waals surface area (Å²) in [6, 6.07) is 0.491. The SMILES string of the molecule is CCCCCCC(C)N=C1NC2(CCCCC2)CS1. The van der Waals surface area contributed by atoms with Crippen LogP contribution >= 0.6 is 11.8 Å². The fourth-order valence-corrected chi connectivity index (χ4v) is 4.52. The quantitative estimate of drug-likeness (QED) is 0.712. The van der Waals surface area contributed by atoms with Crippen molar-refractivity contribution in [3.05, 3.63) is 0 Å². The summed E-state index contributed by atoms with van der Waals surface area (Å²) in [7, 11) is 0.